The van der Waals surface area contributed by atoms with E-state index >= 15 is 0 Å². The van der Waals surface area contributed by atoms with E-state index in [1.165, 1.54) is 5.56 Å². The highest BCUT2D eigenvalue weighted by Gasteiger charge is 2.08. The molecule has 0 saturated carbocycles. The van der Waals surface area contributed by atoms with Gasteiger partial charge in [-0.3, -0.25) is 0 Å². The Bertz CT molecular complexity index is 302. The lowest BCUT2D eigenvalue weighted by Crippen LogP contribution is -2.28. The Morgan fingerprint density at radius 1 is 1.31 bits per heavy atom. The van der Waals surface area contributed by atoms with Crippen LogP contribution in [0.25, 0.3) is 0 Å². The van der Waals surface area contributed by atoms with Crippen LogP contribution in [-0.2, 0) is 11.3 Å². The number of alkyl halides is 1. The Hall–Kier alpha value is -0.280. The van der Waals surface area contributed by atoms with Gasteiger partial charge in [0, 0.05) is 25.2 Å². The molecule has 0 fully saturated rings. The van der Waals surface area contributed by atoms with Crippen molar-refractivity contribution in [2.24, 2.45) is 0 Å². The van der Waals surface area contributed by atoms with Crippen LogP contribution in [-0.4, -0.2) is 37.6 Å². The molecule has 1 rings (SSSR count). The van der Waals surface area contributed by atoms with E-state index in [1.807, 2.05) is 31.3 Å². The number of ether oxygens (including phenoxy) is 1. The summed E-state index contributed by atoms with van der Waals surface area (Å²) in [6.07, 6.45) is 0. The van der Waals surface area contributed by atoms with Gasteiger partial charge in [0.05, 0.1) is 12.0 Å². The van der Waals surface area contributed by atoms with Crippen molar-refractivity contribution >= 4 is 23.2 Å². The van der Waals surface area contributed by atoms with E-state index in [4.69, 9.17) is 27.9 Å². The number of rotatable bonds is 6. The number of nitrogens with zero attached hydrogens (tertiary/aromatic N) is 1. The maximum Gasteiger partial charge on any atom is 0.0696 e. The van der Waals surface area contributed by atoms with E-state index in [9.17, 15) is 0 Å². The van der Waals surface area contributed by atoms with Gasteiger partial charge >= 0.3 is 0 Å². The smallest absolute Gasteiger partial charge is 0.0696 e. The number of benzene rings is 1. The molecule has 0 aliphatic rings. The van der Waals surface area contributed by atoms with Crippen LogP contribution in [0.15, 0.2) is 24.3 Å². The Morgan fingerprint density at radius 3 is 2.50 bits per heavy atom. The molecule has 90 valence electrons. The third-order valence-corrected chi connectivity index (χ3v) is 2.74. The Balaban J connectivity index is 2.39. The molecule has 0 spiro atoms. The maximum absolute atomic E-state index is 6.08. The van der Waals surface area contributed by atoms with E-state index in [0.29, 0.717) is 6.61 Å². The van der Waals surface area contributed by atoms with Crippen LogP contribution in [0.4, 0.5) is 0 Å². The fraction of sp³-hybridized carbons (Fsp3) is 0.500. The van der Waals surface area contributed by atoms with Crippen molar-refractivity contribution in [2.75, 3.05) is 27.3 Å². The van der Waals surface area contributed by atoms with Crippen molar-refractivity contribution in [3.8, 4) is 0 Å². The molecule has 0 bridgehead atoms. The molecule has 0 saturated heterocycles. The van der Waals surface area contributed by atoms with Gasteiger partial charge in [0.1, 0.15) is 0 Å². The summed E-state index contributed by atoms with van der Waals surface area (Å²) in [5.41, 5.74) is 1.23. The highest BCUT2D eigenvalue weighted by atomic mass is 35.5. The van der Waals surface area contributed by atoms with Gasteiger partial charge in [0.25, 0.3) is 0 Å². The van der Waals surface area contributed by atoms with Crippen LogP contribution < -0.4 is 0 Å². The number of hydrogen-bond donors (Lipinski definition) is 0. The van der Waals surface area contributed by atoms with Gasteiger partial charge in [-0.2, -0.15) is 0 Å². The lowest BCUT2D eigenvalue weighted by atomic mass is 10.2. The third-order valence-electron chi connectivity index (χ3n) is 2.22. The molecule has 1 unspecified atom stereocenters. The quantitative estimate of drug-likeness (QED) is 0.731. The molecule has 0 heterocycles. The van der Waals surface area contributed by atoms with Crippen molar-refractivity contribution in [1.29, 1.82) is 0 Å². The maximum atomic E-state index is 6.08. The number of hydrogen-bond acceptors (Lipinski definition) is 2. The lowest BCUT2D eigenvalue weighted by molar-refractivity contribution is 0.181. The van der Waals surface area contributed by atoms with E-state index < -0.39 is 0 Å². The molecule has 2 nitrogen and oxygen atoms in total. The van der Waals surface area contributed by atoms with Crippen LogP contribution >= 0.6 is 23.2 Å². The molecule has 4 heteroatoms. The molecule has 1 aromatic carbocycles. The molecule has 0 amide bonds. The second kappa shape index (κ2) is 7.13. The van der Waals surface area contributed by atoms with Gasteiger partial charge in [-0.15, -0.1) is 11.6 Å². The summed E-state index contributed by atoms with van der Waals surface area (Å²) >= 11 is 11.9. The molecule has 0 aromatic heterocycles. The zero-order valence-corrected chi connectivity index (χ0v) is 11.1. The average molecular weight is 262 g/mol. The number of halogens is 2. The Kier molecular flexibility index (Phi) is 6.14. The molecular formula is C12H17Cl2NO. The third kappa shape index (κ3) is 5.17. The largest absolute Gasteiger partial charge is 0.383 e. The van der Waals surface area contributed by atoms with E-state index in [2.05, 4.69) is 4.90 Å². The fourth-order valence-corrected chi connectivity index (χ4v) is 2.03. The number of methoxy groups -OCH3 is 1. The Morgan fingerprint density at radius 2 is 1.94 bits per heavy atom. The van der Waals surface area contributed by atoms with E-state index in [0.717, 1.165) is 18.1 Å². The van der Waals surface area contributed by atoms with Crippen LogP contribution in [0.5, 0.6) is 0 Å². The normalized spacial score (nSPS) is 13.1. The van der Waals surface area contributed by atoms with Gasteiger partial charge in [-0.05, 0) is 24.7 Å². The van der Waals surface area contributed by atoms with Gasteiger partial charge in [-0.25, -0.2) is 0 Å². The summed E-state index contributed by atoms with van der Waals surface area (Å²) < 4.78 is 4.99. The summed E-state index contributed by atoms with van der Waals surface area (Å²) in [5.74, 6) is 0. The van der Waals surface area contributed by atoms with Crippen LogP contribution in [0.1, 0.15) is 5.56 Å². The average Bonchev–Trinajstić information content (AvgIpc) is 2.21. The van der Waals surface area contributed by atoms with Gasteiger partial charge in [0.2, 0.25) is 0 Å². The zero-order chi connectivity index (χ0) is 12.0. The van der Waals surface area contributed by atoms with Crippen molar-refractivity contribution in [3.63, 3.8) is 0 Å². The van der Waals surface area contributed by atoms with Crippen molar-refractivity contribution in [3.05, 3.63) is 34.9 Å². The molecular weight excluding hydrogens is 245 g/mol. The van der Waals surface area contributed by atoms with Crippen LogP contribution in [0.2, 0.25) is 5.02 Å². The van der Waals surface area contributed by atoms with E-state index in [1.54, 1.807) is 7.11 Å². The van der Waals surface area contributed by atoms with Gasteiger partial charge in [-0.1, -0.05) is 23.7 Å². The molecule has 0 radical (unpaired) electrons. The van der Waals surface area contributed by atoms with Crippen LogP contribution in [0, 0.1) is 0 Å². The summed E-state index contributed by atoms with van der Waals surface area (Å²) in [5, 5.41) is 0.795. The first-order chi connectivity index (χ1) is 7.61. The molecule has 0 aliphatic carbocycles. The van der Waals surface area contributed by atoms with Crippen LogP contribution in [0.3, 0.4) is 0 Å². The van der Waals surface area contributed by atoms with Crippen molar-refractivity contribution < 1.29 is 4.74 Å². The molecule has 16 heavy (non-hydrogen) atoms. The standard InChI is InChI=1S/C12H17Cl2NO/c1-15(8-12(14)9-16-2)7-10-3-5-11(13)6-4-10/h3-6,12H,7-9H2,1-2H3. The van der Waals surface area contributed by atoms with E-state index in [-0.39, 0.29) is 5.38 Å². The first-order valence-corrected chi connectivity index (χ1v) is 5.99. The second-order valence-electron chi connectivity index (χ2n) is 3.88. The second-order valence-corrected chi connectivity index (χ2v) is 4.93. The molecule has 0 N–H and O–H groups in total. The van der Waals surface area contributed by atoms with Gasteiger partial charge < -0.3 is 9.64 Å². The SMILES string of the molecule is COCC(Cl)CN(C)Cc1ccc(Cl)cc1. The topological polar surface area (TPSA) is 12.5 Å². The van der Waals surface area contributed by atoms with Crippen molar-refractivity contribution in [2.45, 2.75) is 11.9 Å². The first kappa shape index (κ1) is 13.8. The predicted octanol–water partition coefficient (Wildman–Crippen LogP) is 3.03. The summed E-state index contributed by atoms with van der Waals surface area (Å²) in [6.45, 7) is 2.24. The molecule has 0 aliphatic heterocycles. The predicted molar refractivity (Wildman–Crippen MR) is 69.3 cm³/mol. The minimum Gasteiger partial charge on any atom is -0.383 e. The lowest BCUT2D eigenvalue weighted by Gasteiger charge is -2.19. The minimum atomic E-state index is 0.0299. The summed E-state index contributed by atoms with van der Waals surface area (Å²) in [4.78, 5) is 2.17. The fourth-order valence-electron chi connectivity index (χ4n) is 1.54. The van der Waals surface area contributed by atoms with Gasteiger partial charge in [0.15, 0.2) is 0 Å². The summed E-state index contributed by atoms with van der Waals surface area (Å²) in [7, 11) is 3.70. The zero-order valence-electron chi connectivity index (χ0n) is 9.62. The first-order valence-electron chi connectivity index (χ1n) is 5.18. The highest BCUT2D eigenvalue weighted by Crippen LogP contribution is 2.11. The molecule has 1 atom stereocenters. The van der Waals surface area contributed by atoms with Crippen molar-refractivity contribution in [1.82, 2.24) is 4.90 Å². The Labute approximate surface area is 107 Å². The summed E-state index contributed by atoms with van der Waals surface area (Å²) in [6, 6.07) is 7.85. The minimum absolute atomic E-state index is 0.0299. The highest BCUT2D eigenvalue weighted by molar-refractivity contribution is 6.30. The molecule has 1 aromatic rings. The monoisotopic (exact) mass is 261 g/mol.